The summed E-state index contributed by atoms with van der Waals surface area (Å²) in [5.74, 6) is 0.490. The number of nitriles is 1. The predicted molar refractivity (Wildman–Crippen MR) is 110 cm³/mol. The van der Waals surface area contributed by atoms with Gasteiger partial charge in [0.05, 0.1) is 12.9 Å². The maximum Gasteiger partial charge on any atom is 0.306 e. The van der Waals surface area contributed by atoms with Gasteiger partial charge in [-0.25, -0.2) is 0 Å². The van der Waals surface area contributed by atoms with E-state index < -0.39 is 22.1 Å². The van der Waals surface area contributed by atoms with Gasteiger partial charge in [0.15, 0.2) is 6.19 Å². The molecule has 160 valence electrons. The number of hydrogen-bond donors (Lipinski definition) is 1. The van der Waals surface area contributed by atoms with Crippen molar-refractivity contribution < 1.29 is 26.9 Å². The molecule has 0 radical (unpaired) electrons. The minimum absolute atomic E-state index is 0.270. The lowest BCUT2D eigenvalue weighted by Crippen LogP contribution is -2.35. The van der Waals surface area contributed by atoms with Crippen LogP contribution in [0.1, 0.15) is 18.1 Å². The molecule has 0 aliphatic carbocycles. The number of carbonyl (C=O) groups is 1. The summed E-state index contributed by atoms with van der Waals surface area (Å²) < 4.78 is 38.2. The van der Waals surface area contributed by atoms with Crippen LogP contribution in [0.15, 0.2) is 48.5 Å². The molecule has 30 heavy (non-hydrogen) atoms. The smallest absolute Gasteiger partial charge is 0.306 e. The first-order chi connectivity index (χ1) is 14.3. The molecule has 0 heterocycles. The summed E-state index contributed by atoms with van der Waals surface area (Å²) in [5.41, 5.74) is 1.87. The second-order valence-electron chi connectivity index (χ2n) is 6.42. The fraction of sp³-hybridized carbons (Fsp3) is 0.333. The third kappa shape index (κ3) is 8.11. The topological polar surface area (TPSA) is 115 Å². The van der Waals surface area contributed by atoms with E-state index in [0.29, 0.717) is 31.8 Å². The van der Waals surface area contributed by atoms with Gasteiger partial charge in [-0.05, 0) is 42.3 Å². The fourth-order valence-electron chi connectivity index (χ4n) is 2.67. The summed E-state index contributed by atoms with van der Waals surface area (Å²) in [6, 6.07) is 14.1. The van der Waals surface area contributed by atoms with Crippen molar-refractivity contribution >= 4 is 16.0 Å². The predicted octanol–water partition coefficient (Wildman–Crippen LogP) is 2.19. The highest BCUT2D eigenvalue weighted by atomic mass is 32.2. The van der Waals surface area contributed by atoms with Crippen LogP contribution < -0.4 is 14.2 Å². The van der Waals surface area contributed by atoms with E-state index in [2.05, 4.69) is 5.32 Å². The zero-order chi connectivity index (χ0) is 22.0. The molecule has 2 aromatic carbocycles. The van der Waals surface area contributed by atoms with Crippen molar-refractivity contribution in [2.24, 2.45) is 0 Å². The summed E-state index contributed by atoms with van der Waals surface area (Å²) in [6.45, 7) is 2.60. The average molecular weight is 432 g/mol. The van der Waals surface area contributed by atoms with Gasteiger partial charge in [0.25, 0.3) is 5.91 Å². The molecule has 0 saturated heterocycles. The van der Waals surface area contributed by atoms with Crippen LogP contribution in [0.3, 0.4) is 0 Å². The van der Waals surface area contributed by atoms with Crippen molar-refractivity contribution in [3.05, 3.63) is 59.7 Å². The maximum atomic E-state index is 11.8. The van der Waals surface area contributed by atoms with Crippen molar-refractivity contribution in [1.82, 2.24) is 5.32 Å². The summed E-state index contributed by atoms with van der Waals surface area (Å²) in [6.07, 6.45) is 2.88. The molecule has 0 spiro atoms. The lowest BCUT2D eigenvalue weighted by atomic mass is 10.1. The first-order valence-corrected chi connectivity index (χ1v) is 11.1. The molecule has 0 bridgehead atoms. The zero-order valence-electron chi connectivity index (χ0n) is 16.8. The Bertz CT molecular complexity index is 966. The molecule has 9 heteroatoms. The zero-order valence-corrected chi connectivity index (χ0v) is 17.6. The van der Waals surface area contributed by atoms with Crippen LogP contribution in [-0.2, 0) is 32.5 Å². The van der Waals surface area contributed by atoms with Crippen molar-refractivity contribution in [3.8, 4) is 17.7 Å². The number of ether oxygens (including phenoxy) is 2. The first kappa shape index (κ1) is 23.2. The van der Waals surface area contributed by atoms with Crippen LogP contribution >= 0.6 is 0 Å². The lowest BCUT2D eigenvalue weighted by molar-refractivity contribution is -0.131. The van der Waals surface area contributed by atoms with E-state index in [9.17, 15) is 13.2 Å². The number of nitrogens with one attached hydrogen (secondary N) is 1. The number of benzene rings is 2. The first-order valence-electron chi connectivity index (χ1n) is 9.31. The highest BCUT2D eigenvalue weighted by molar-refractivity contribution is 7.86. The van der Waals surface area contributed by atoms with Gasteiger partial charge in [-0.3, -0.25) is 10.1 Å². The van der Waals surface area contributed by atoms with Gasteiger partial charge in [0, 0.05) is 19.4 Å². The van der Waals surface area contributed by atoms with E-state index >= 15 is 0 Å². The molecule has 0 aromatic heterocycles. The Morgan fingerprint density at radius 2 is 1.67 bits per heavy atom. The SMILES string of the molecule is CCOC(Cc1ccc(OCCc2ccc(OS(C)(=O)=O)cc2)cc1)C(=O)NC#N. The summed E-state index contributed by atoms with van der Waals surface area (Å²) >= 11 is 0. The average Bonchev–Trinajstić information content (AvgIpc) is 2.69. The Labute approximate surface area is 176 Å². The standard InChI is InChI=1S/C21H24N2O6S/c1-3-27-20(21(24)23-15-22)14-17-6-8-18(9-7-17)28-13-12-16-4-10-19(11-5-16)29-30(2,25)26/h4-11,20H,3,12-14H2,1-2H3,(H,23,24). The lowest BCUT2D eigenvalue weighted by Gasteiger charge is -2.15. The molecular weight excluding hydrogens is 408 g/mol. The largest absolute Gasteiger partial charge is 0.493 e. The second-order valence-corrected chi connectivity index (χ2v) is 8.00. The molecule has 0 aliphatic rings. The number of amides is 1. The van der Waals surface area contributed by atoms with Gasteiger partial charge in [-0.15, -0.1) is 0 Å². The summed E-state index contributed by atoms with van der Waals surface area (Å²) in [4.78, 5) is 11.8. The Kier molecular flexibility index (Phi) is 8.65. The van der Waals surface area contributed by atoms with Crippen LogP contribution in [0.5, 0.6) is 11.5 Å². The maximum absolute atomic E-state index is 11.8. The minimum atomic E-state index is -3.53. The molecule has 2 aromatic rings. The Morgan fingerprint density at radius 1 is 1.07 bits per heavy atom. The van der Waals surface area contributed by atoms with Crippen molar-refractivity contribution in [2.75, 3.05) is 19.5 Å². The van der Waals surface area contributed by atoms with E-state index in [4.69, 9.17) is 18.9 Å². The van der Waals surface area contributed by atoms with Crippen molar-refractivity contribution in [3.63, 3.8) is 0 Å². The highest BCUT2D eigenvalue weighted by Crippen LogP contribution is 2.17. The van der Waals surface area contributed by atoms with E-state index in [1.54, 1.807) is 37.4 Å². The second kappa shape index (κ2) is 11.2. The van der Waals surface area contributed by atoms with Gasteiger partial charge in [-0.1, -0.05) is 24.3 Å². The van der Waals surface area contributed by atoms with Gasteiger partial charge in [0.1, 0.15) is 17.6 Å². The fourth-order valence-corrected chi connectivity index (χ4v) is 3.13. The molecule has 1 atom stereocenters. The molecule has 0 saturated carbocycles. The molecule has 0 fully saturated rings. The molecule has 1 amide bonds. The molecule has 0 aliphatic heterocycles. The molecular formula is C21H24N2O6S. The van der Waals surface area contributed by atoms with Gasteiger partial charge in [0.2, 0.25) is 0 Å². The molecule has 8 nitrogen and oxygen atoms in total. The van der Waals surface area contributed by atoms with Gasteiger partial charge >= 0.3 is 10.1 Å². The van der Waals surface area contributed by atoms with E-state index in [1.807, 2.05) is 24.3 Å². The molecule has 2 rings (SSSR count). The van der Waals surface area contributed by atoms with E-state index in [0.717, 1.165) is 17.4 Å². The summed E-state index contributed by atoms with van der Waals surface area (Å²) in [5, 5.41) is 10.7. The number of hydrogen-bond acceptors (Lipinski definition) is 7. The van der Waals surface area contributed by atoms with Gasteiger partial charge < -0.3 is 13.7 Å². The van der Waals surface area contributed by atoms with Crippen LogP contribution in [0, 0.1) is 11.5 Å². The minimum Gasteiger partial charge on any atom is -0.493 e. The van der Waals surface area contributed by atoms with Crippen molar-refractivity contribution in [2.45, 2.75) is 25.9 Å². The number of carbonyl (C=O) groups excluding carboxylic acids is 1. The van der Waals surface area contributed by atoms with Crippen LogP contribution in [0.2, 0.25) is 0 Å². The third-order valence-electron chi connectivity index (χ3n) is 4.01. The monoisotopic (exact) mass is 432 g/mol. The molecule has 1 unspecified atom stereocenters. The van der Waals surface area contributed by atoms with Crippen LogP contribution in [0.25, 0.3) is 0 Å². The quantitative estimate of drug-likeness (QED) is 0.329. The Hall–Kier alpha value is -3.09. The van der Waals surface area contributed by atoms with E-state index in [-0.39, 0.29) is 5.75 Å². The Balaban J connectivity index is 1.84. The third-order valence-corrected chi connectivity index (χ3v) is 4.51. The van der Waals surface area contributed by atoms with Gasteiger partial charge in [-0.2, -0.15) is 13.7 Å². The van der Waals surface area contributed by atoms with Crippen LogP contribution in [-0.4, -0.2) is 39.9 Å². The number of nitrogens with zero attached hydrogens (tertiary/aromatic N) is 1. The highest BCUT2D eigenvalue weighted by Gasteiger charge is 2.19. The van der Waals surface area contributed by atoms with E-state index in [1.165, 1.54) is 0 Å². The Morgan fingerprint density at radius 3 is 2.23 bits per heavy atom. The summed E-state index contributed by atoms with van der Waals surface area (Å²) in [7, 11) is -3.53. The number of rotatable bonds is 11. The van der Waals surface area contributed by atoms with Crippen LogP contribution in [0.4, 0.5) is 0 Å². The molecule has 1 N–H and O–H groups in total. The normalized spacial score (nSPS) is 11.9. The van der Waals surface area contributed by atoms with Crippen molar-refractivity contribution in [1.29, 1.82) is 5.26 Å².